The van der Waals surface area contributed by atoms with E-state index in [2.05, 4.69) is 26.2 Å². The van der Waals surface area contributed by atoms with E-state index in [-0.39, 0.29) is 0 Å². The molecule has 2 aromatic rings. The largest absolute Gasteiger partial charge is 0.394 e. The average molecular weight is 243 g/mol. The van der Waals surface area contributed by atoms with Gasteiger partial charge in [0.1, 0.15) is 16.0 Å². The number of aromatic nitrogens is 3. The minimum atomic E-state index is 0.510. The molecule has 0 radical (unpaired) electrons. The molecule has 13 heavy (non-hydrogen) atoms. The summed E-state index contributed by atoms with van der Waals surface area (Å²) in [5.74, 6) is 0.542. The predicted octanol–water partition coefficient (Wildman–Crippen LogP) is 1.42. The van der Waals surface area contributed by atoms with Crippen LogP contribution in [0.4, 0.5) is 5.69 Å². The van der Waals surface area contributed by atoms with Crippen molar-refractivity contribution in [2.75, 3.05) is 5.73 Å². The highest BCUT2D eigenvalue weighted by molar-refractivity contribution is 9.10. The van der Waals surface area contributed by atoms with Gasteiger partial charge in [-0.05, 0) is 15.9 Å². The first-order chi connectivity index (χ1) is 6.18. The zero-order valence-corrected chi connectivity index (χ0v) is 8.45. The fourth-order valence-corrected chi connectivity index (χ4v) is 1.54. The lowest BCUT2D eigenvalue weighted by Gasteiger charge is -1.95. The van der Waals surface area contributed by atoms with Crippen LogP contribution in [0.1, 0.15) is 0 Å². The van der Waals surface area contributed by atoms with Crippen molar-refractivity contribution in [3.05, 3.63) is 16.9 Å². The average Bonchev–Trinajstić information content (AvgIpc) is 2.58. The van der Waals surface area contributed by atoms with Crippen molar-refractivity contribution in [1.82, 2.24) is 14.9 Å². The lowest BCUT2D eigenvalue weighted by Crippen LogP contribution is -1.94. The topological polar surface area (TPSA) is 69.9 Å². The van der Waals surface area contributed by atoms with E-state index >= 15 is 0 Å². The van der Waals surface area contributed by atoms with Crippen LogP contribution in [0.15, 0.2) is 21.4 Å². The quantitative estimate of drug-likeness (QED) is 0.822. The minimum absolute atomic E-state index is 0.510. The molecule has 0 saturated carbocycles. The molecular formula is C7H7BrN4O. The molecule has 0 bridgehead atoms. The van der Waals surface area contributed by atoms with Gasteiger partial charge in [-0.1, -0.05) is 5.16 Å². The van der Waals surface area contributed by atoms with Gasteiger partial charge < -0.3 is 10.3 Å². The van der Waals surface area contributed by atoms with E-state index < -0.39 is 0 Å². The molecule has 0 aliphatic carbocycles. The Morgan fingerprint density at radius 1 is 1.62 bits per heavy atom. The van der Waals surface area contributed by atoms with E-state index in [9.17, 15) is 0 Å². The Bertz CT molecular complexity index is 433. The van der Waals surface area contributed by atoms with Crippen LogP contribution in [0.25, 0.3) is 11.5 Å². The highest BCUT2D eigenvalue weighted by Gasteiger charge is 2.12. The van der Waals surface area contributed by atoms with Gasteiger partial charge in [-0.2, -0.15) is 5.10 Å². The molecule has 0 atom stereocenters. The van der Waals surface area contributed by atoms with E-state index in [1.165, 1.54) is 6.20 Å². The predicted molar refractivity (Wildman–Crippen MR) is 50.8 cm³/mol. The fraction of sp³-hybridized carbons (Fsp3) is 0.143. The van der Waals surface area contributed by atoms with E-state index in [0.717, 1.165) is 10.3 Å². The molecule has 0 amide bonds. The number of nitrogens with zero attached hydrogens (tertiary/aromatic N) is 3. The Labute approximate surface area is 82.6 Å². The van der Waals surface area contributed by atoms with Crippen LogP contribution in [0.5, 0.6) is 0 Å². The van der Waals surface area contributed by atoms with Gasteiger partial charge in [-0.15, -0.1) is 0 Å². The van der Waals surface area contributed by atoms with E-state index in [1.807, 2.05) is 13.1 Å². The van der Waals surface area contributed by atoms with E-state index in [4.69, 9.17) is 10.3 Å². The number of nitrogen functional groups attached to an aromatic ring is 1. The standard InChI is InChI=1S/C7H7BrN4O/c1-12-5(2-6(8)11-12)7-4(9)3-10-13-7/h2-3H,9H2,1H3. The van der Waals surface area contributed by atoms with Gasteiger partial charge in [0.05, 0.1) is 6.20 Å². The van der Waals surface area contributed by atoms with Crippen LogP contribution >= 0.6 is 15.9 Å². The number of hydrogen-bond donors (Lipinski definition) is 1. The van der Waals surface area contributed by atoms with Crippen LogP contribution in [0.2, 0.25) is 0 Å². The first kappa shape index (κ1) is 8.31. The highest BCUT2D eigenvalue weighted by atomic mass is 79.9. The van der Waals surface area contributed by atoms with Crippen molar-refractivity contribution in [2.45, 2.75) is 0 Å². The van der Waals surface area contributed by atoms with Gasteiger partial charge in [0.2, 0.25) is 5.76 Å². The van der Waals surface area contributed by atoms with Crippen molar-refractivity contribution in [2.24, 2.45) is 7.05 Å². The molecule has 5 nitrogen and oxygen atoms in total. The summed E-state index contributed by atoms with van der Waals surface area (Å²) < 4.78 is 7.39. The second-order valence-electron chi connectivity index (χ2n) is 2.59. The monoisotopic (exact) mass is 242 g/mol. The minimum Gasteiger partial charge on any atom is -0.394 e. The molecule has 68 valence electrons. The van der Waals surface area contributed by atoms with Gasteiger partial charge >= 0.3 is 0 Å². The zero-order chi connectivity index (χ0) is 9.42. The Kier molecular flexibility index (Phi) is 1.84. The maximum Gasteiger partial charge on any atom is 0.207 e. The molecule has 2 N–H and O–H groups in total. The summed E-state index contributed by atoms with van der Waals surface area (Å²) in [5.41, 5.74) is 6.94. The van der Waals surface area contributed by atoms with Gasteiger partial charge in [-0.25, -0.2) is 0 Å². The molecule has 2 aromatic heterocycles. The second-order valence-corrected chi connectivity index (χ2v) is 3.40. The highest BCUT2D eigenvalue weighted by Crippen LogP contribution is 2.26. The van der Waals surface area contributed by atoms with Crippen molar-refractivity contribution in [1.29, 1.82) is 0 Å². The Morgan fingerprint density at radius 2 is 2.38 bits per heavy atom. The third-order valence-electron chi connectivity index (χ3n) is 1.68. The van der Waals surface area contributed by atoms with Gasteiger partial charge in [0.25, 0.3) is 0 Å². The Balaban J connectivity index is 2.58. The molecule has 0 fully saturated rings. The first-order valence-corrected chi connectivity index (χ1v) is 4.38. The molecule has 2 heterocycles. The summed E-state index contributed by atoms with van der Waals surface area (Å²) in [6.45, 7) is 0. The zero-order valence-electron chi connectivity index (χ0n) is 6.86. The smallest absolute Gasteiger partial charge is 0.207 e. The molecule has 0 aliphatic rings. The lowest BCUT2D eigenvalue weighted by molar-refractivity contribution is 0.429. The number of nitrogens with two attached hydrogens (primary N) is 1. The maximum absolute atomic E-state index is 5.64. The van der Waals surface area contributed by atoms with Gasteiger partial charge in [0.15, 0.2) is 0 Å². The van der Waals surface area contributed by atoms with Gasteiger partial charge in [0, 0.05) is 13.1 Å². The number of aryl methyl sites for hydroxylation is 1. The Morgan fingerprint density at radius 3 is 2.85 bits per heavy atom. The van der Waals surface area contributed by atoms with Crippen molar-refractivity contribution in [3.8, 4) is 11.5 Å². The molecular weight excluding hydrogens is 236 g/mol. The first-order valence-electron chi connectivity index (χ1n) is 3.58. The summed E-state index contributed by atoms with van der Waals surface area (Å²) in [7, 11) is 1.81. The van der Waals surface area contributed by atoms with Crippen molar-refractivity contribution < 1.29 is 4.52 Å². The normalized spacial score (nSPS) is 10.6. The number of rotatable bonds is 1. The molecule has 0 spiro atoms. The third kappa shape index (κ3) is 1.33. The number of anilines is 1. The number of hydrogen-bond acceptors (Lipinski definition) is 4. The van der Waals surface area contributed by atoms with Crippen LogP contribution in [-0.2, 0) is 7.05 Å². The number of halogens is 1. The SMILES string of the molecule is Cn1nc(Br)cc1-c1oncc1N. The van der Waals surface area contributed by atoms with Crippen molar-refractivity contribution in [3.63, 3.8) is 0 Å². The molecule has 6 heteroatoms. The summed E-state index contributed by atoms with van der Waals surface area (Å²) in [5, 5.41) is 7.69. The fourth-order valence-electron chi connectivity index (χ4n) is 1.09. The second kappa shape index (κ2) is 2.88. The lowest BCUT2D eigenvalue weighted by atomic mass is 10.3. The van der Waals surface area contributed by atoms with Gasteiger partial charge in [-0.3, -0.25) is 4.68 Å². The summed E-state index contributed by atoms with van der Waals surface area (Å²) in [6, 6.07) is 1.82. The van der Waals surface area contributed by atoms with Crippen molar-refractivity contribution >= 4 is 21.6 Å². The van der Waals surface area contributed by atoms with E-state index in [0.29, 0.717) is 11.4 Å². The maximum atomic E-state index is 5.64. The summed E-state index contributed by atoms with van der Waals surface area (Å²) in [4.78, 5) is 0. The molecule has 0 saturated heterocycles. The molecule has 0 aliphatic heterocycles. The molecule has 0 aromatic carbocycles. The summed E-state index contributed by atoms with van der Waals surface area (Å²) in [6.07, 6.45) is 1.47. The van der Waals surface area contributed by atoms with Crippen LogP contribution in [0, 0.1) is 0 Å². The Hall–Kier alpha value is -1.30. The third-order valence-corrected chi connectivity index (χ3v) is 2.07. The van der Waals surface area contributed by atoms with E-state index in [1.54, 1.807) is 4.68 Å². The van der Waals surface area contributed by atoms with Crippen LogP contribution in [-0.4, -0.2) is 14.9 Å². The molecule has 0 unspecified atom stereocenters. The van der Waals surface area contributed by atoms with Crippen LogP contribution < -0.4 is 5.73 Å². The molecule has 2 rings (SSSR count). The summed E-state index contributed by atoms with van der Waals surface area (Å²) >= 11 is 3.26. The van der Waals surface area contributed by atoms with Crippen LogP contribution in [0.3, 0.4) is 0 Å².